The SMILES string of the molecule is CC(N)C1=CCCC1. The quantitative estimate of drug-likeness (QED) is 0.509. The van der Waals surface area contributed by atoms with Crippen molar-refractivity contribution in [3.8, 4) is 0 Å². The summed E-state index contributed by atoms with van der Waals surface area (Å²) in [5, 5.41) is 0. The molecule has 1 aliphatic carbocycles. The minimum Gasteiger partial charge on any atom is -0.324 e. The van der Waals surface area contributed by atoms with Crippen LogP contribution >= 0.6 is 0 Å². The summed E-state index contributed by atoms with van der Waals surface area (Å²) in [5.41, 5.74) is 7.08. The van der Waals surface area contributed by atoms with Crippen LogP contribution in [0.2, 0.25) is 0 Å². The topological polar surface area (TPSA) is 26.0 Å². The molecule has 1 aliphatic rings. The monoisotopic (exact) mass is 111 g/mol. The van der Waals surface area contributed by atoms with Gasteiger partial charge in [0.1, 0.15) is 0 Å². The molecule has 0 saturated carbocycles. The molecule has 46 valence electrons. The first-order valence-corrected chi connectivity index (χ1v) is 3.25. The van der Waals surface area contributed by atoms with Gasteiger partial charge in [-0.2, -0.15) is 0 Å². The predicted molar refractivity (Wildman–Crippen MR) is 35.6 cm³/mol. The smallest absolute Gasteiger partial charge is 0.0224 e. The van der Waals surface area contributed by atoms with Gasteiger partial charge in [0, 0.05) is 6.04 Å². The highest BCUT2D eigenvalue weighted by Crippen LogP contribution is 2.18. The summed E-state index contributed by atoms with van der Waals surface area (Å²) in [5.74, 6) is 0. The van der Waals surface area contributed by atoms with Crippen molar-refractivity contribution in [2.45, 2.75) is 32.2 Å². The molecule has 0 radical (unpaired) electrons. The Kier molecular flexibility index (Phi) is 1.69. The van der Waals surface area contributed by atoms with Crippen LogP contribution in [0.3, 0.4) is 0 Å². The molecular formula is C7H13N. The van der Waals surface area contributed by atoms with E-state index in [0.717, 1.165) is 0 Å². The molecular weight excluding hydrogens is 98.1 g/mol. The molecule has 1 heteroatoms. The lowest BCUT2D eigenvalue weighted by molar-refractivity contribution is 0.795. The average Bonchev–Trinajstić information content (AvgIpc) is 2.12. The Morgan fingerprint density at radius 3 is 2.75 bits per heavy atom. The third kappa shape index (κ3) is 1.10. The zero-order valence-electron chi connectivity index (χ0n) is 5.35. The van der Waals surface area contributed by atoms with Gasteiger partial charge in [0.15, 0.2) is 0 Å². The first-order valence-electron chi connectivity index (χ1n) is 3.25. The van der Waals surface area contributed by atoms with Crippen molar-refractivity contribution in [3.05, 3.63) is 11.6 Å². The van der Waals surface area contributed by atoms with E-state index in [0.29, 0.717) is 6.04 Å². The van der Waals surface area contributed by atoms with Gasteiger partial charge in [0.25, 0.3) is 0 Å². The average molecular weight is 111 g/mol. The Balaban J connectivity index is 2.45. The largest absolute Gasteiger partial charge is 0.324 e. The molecule has 0 spiro atoms. The second kappa shape index (κ2) is 2.31. The summed E-state index contributed by atoms with van der Waals surface area (Å²) < 4.78 is 0. The van der Waals surface area contributed by atoms with Gasteiger partial charge in [0.05, 0.1) is 0 Å². The minimum atomic E-state index is 0.303. The van der Waals surface area contributed by atoms with Crippen molar-refractivity contribution in [2.75, 3.05) is 0 Å². The van der Waals surface area contributed by atoms with Gasteiger partial charge in [0.2, 0.25) is 0 Å². The van der Waals surface area contributed by atoms with Crippen molar-refractivity contribution in [1.29, 1.82) is 0 Å². The van der Waals surface area contributed by atoms with E-state index >= 15 is 0 Å². The van der Waals surface area contributed by atoms with Crippen LogP contribution in [0.1, 0.15) is 26.2 Å². The predicted octanol–water partition coefficient (Wildman–Crippen LogP) is 1.44. The molecule has 0 fully saturated rings. The van der Waals surface area contributed by atoms with Crippen molar-refractivity contribution in [2.24, 2.45) is 5.73 Å². The Morgan fingerprint density at radius 2 is 2.50 bits per heavy atom. The Labute approximate surface area is 50.6 Å². The van der Waals surface area contributed by atoms with Crippen LogP contribution in [0.4, 0.5) is 0 Å². The Hall–Kier alpha value is -0.300. The first-order chi connectivity index (χ1) is 3.80. The highest BCUT2D eigenvalue weighted by molar-refractivity contribution is 5.12. The summed E-state index contributed by atoms with van der Waals surface area (Å²) in [6, 6.07) is 0.303. The van der Waals surface area contributed by atoms with Crippen LogP contribution < -0.4 is 5.73 Å². The molecule has 1 rings (SSSR count). The molecule has 8 heavy (non-hydrogen) atoms. The van der Waals surface area contributed by atoms with E-state index in [1.165, 1.54) is 24.8 Å². The van der Waals surface area contributed by atoms with Crippen LogP contribution in [0, 0.1) is 0 Å². The lowest BCUT2D eigenvalue weighted by Gasteiger charge is -2.03. The fraction of sp³-hybridized carbons (Fsp3) is 0.714. The second-order valence-corrected chi connectivity index (χ2v) is 2.46. The van der Waals surface area contributed by atoms with E-state index in [4.69, 9.17) is 5.73 Å². The third-order valence-corrected chi connectivity index (χ3v) is 1.66. The van der Waals surface area contributed by atoms with Crippen molar-refractivity contribution in [3.63, 3.8) is 0 Å². The number of nitrogens with two attached hydrogens (primary N) is 1. The van der Waals surface area contributed by atoms with Gasteiger partial charge >= 0.3 is 0 Å². The van der Waals surface area contributed by atoms with Gasteiger partial charge in [-0.25, -0.2) is 0 Å². The van der Waals surface area contributed by atoms with E-state index < -0.39 is 0 Å². The molecule has 0 aliphatic heterocycles. The Morgan fingerprint density at radius 1 is 1.75 bits per heavy atom. The molecule has 0 heterocycles. The lowest BCUT2D eigenvalue weighted by atomic mass is 10.1. The van der Waals surface area contributed by atoms with E-state index in [-0.39, 0.29) is 0 Å². The van der Waals surface area contributed by atoms with Crippen LogP contribution in [0.5, 0.6) is 0 Å². The summed E-state index contributed by atoms with van der Waals surface area (Å²) in [7, 11) is 0. The highest BCUT2D eigenvalue weighted by atomic mass is 14.6. The standard InChI is InChI=1S/C7H13N/c1-6(8)7-4-2-3-5-7/h4,6H,2-3,5,8H2,1H3. The van der Waals surface area contributed by atoms with Crippen molar-refractivity contribution in [1.82, 2.24) is 0 Å². The minimum absolute atomic E-state index is 0.303. The second-order valence-electron chi connectivity index (χ2n) is 2.46. The molecule has 0 amide bonds. The maximum Gasteiger partial charge on any atom is 0.0224 e. The fourth-order valence-electron chi connectivity index (χ4n) is 1.11. The van der Waals surface area contributed by atoms with E-state index in [1.807, 2.05) is 0 Å². The number of allylic oxidation sites excluding steroid dienone is 1. The summed E-state index contributed by atoms with van der Waals surface area (Å²) in [6.07, 6.45) is 6.07. The maximum atomic E-state index is 5.63. The molecule has 0 aromatic heterocycles. The van der Waals surface area contributed by atoms with Gasteiger partial charge in [-0.05, 0) is 26.2 Å². The number of rotatable bonds is 1. The molecule has 1 atom stereocenters. The third-order valence-electron chi connectivity index (χ3n) is 1.66. The maximum absolute atomic E-state index is 5.63. The summed E-state index contributed by atoms with van der Waals surface area (Å²) in [6.45, 7) is 2.05. The van der Waals surface area contributed by atoms with Gasteiger partial charge in [-0.3, -0.25) is 0 Å². The van der Waals surface area contributed by atoms with Crippen LogP contribution in [-0.4, -0.2) is 6.04 Å². The van der Waals surface area contributed by atoms with Gasteiger partial charge < -0.3 is 5.73 Å². The lowest BCUT2D eigenvalue weighted by Crippen LogP contribution is -2.16. The molecule has 0 bridgehead atoms. The van der Waals surface area contributed by atoms with Crippen molar-refractivity contribution < 1.29 is 0 Å². The molecule has 1 unspecified atom stereocenters. The fourth-order valence-corrected chi connectivity index (χ4v) is 1.11. The van der Waals surface area contributed by atoms with Crippen LogP contribution in [0.15, 0.2) is 11.6 Å². The Bertz CT molecular complexity index is 103. The highest BCUT2D eigenvalue weighted by Gasteiger charge is 2.06. The molecule has 2 N–H and O–H groups in total. The molecule has 1 nitrogen and oxygen atoms in total. The van der Waals surface area contributed by atoms with Gasteiger partial charge in [-0.1, -0.05) is 11.6 Å². The first kappa shape index (κ1) is 5.83. The zero-order chi connectivity index (χ0) is 5.98. The van der Waals surface area contributed by atoms with E-state index in [2.05, 4.69) is 13.0 Å². The molecule has 0 saturated heterocycles. The number of hydrogen-bond acceptors (Lipinski definition) is 1. The van der Waals surface area contributed by atoms with Crippen molar-refractivity contribution >= 4 is 0 Å². The van der Waals surface area contributed by atoms with E-state index in [1.54, 1.807) is 0 Å². The molecule has 0 aromatic carbocycles. The normalized spacial score (nSPS) is 23.0. The summed E-state index contributed by atoms with van der Waals surface area (Å²) >= 11 is 0. The number of hydrogen-bond donors (Lipinski definition) is 1. The van der Waals surface area contributed by atoms with Gasteiger partial charge in [-0.15, -0.1) is 0 Å². The zero-order valence-corrected chi connectivity index (χ0v) is 5.35. The summed E-state index contributed by atoms with van der Waals surface area (Å²) in [4.78, 5) is 0. The van der Waals surface area contributed by atoms with Crippen LogP contribution in [0.25, 0.3) is 0 Å². The van der Waals surface area contributed by atoms with E-state index in [9.17, 15) is 0 Å². The van der Waals surface area contributed by atoms with Crippen LogP contribution in [-0.2, 0) is 0 Å². The molecule has 0 aromatic rings.